The summed E-state index contributed by atoms with van der Waals surface area (Å²) >= 11 is 3.43. The van der Waals surface area contributed by atoms with Crippen LogP contribution in [0, 0.1) is 0 Å². The molecule has 2 rings (SSSR count). The Kier molecular flexibility index (Phi) is 5.09. The fraction of sp³-hybridized carbons (Fsp3) is 0.571. The topological polar surface area (TPSA) is 69.4 Å². The van der Waals surface area contributed by atoms with Crippen molar-refractivity contribution in [2.45, 2.75) is 37.0 Å². The van der Waals surface area contributed by atoms with Gasteiger partial charge in [0.25, 0.3) is 0 Å². The van der Waals surface area contributed by atoms with E-state index < -0.39 is 15.1 Å². The number of rotatable bonds is 4. The average molecular weight is 362 g/mol. The zero-order valence-electron chi connectivity index (χ0n) is 11.5. The lowest BCUT2D eigenvalue weighted by atomic mass is 10.0. The normalized spacial score (nSPS) is 23.2. The molecule has 6 heteroatoms. The van der Waals surface area contributed by atoms with Gasteiger partial charge < -0.3 is 10.5 Å². The Hall–Kier alpha value is -0.590. The van der Waals surface area contributed by atoms with Crippen molar-refractivity contribution in [1.29, 1.82) is 0 Å². The second-order valence-electron chi connectivity index (χ2n) is 5.24. The summed E-state index contributed by atoms with van der Waals surface area (Å²) < 4.78 is 30.2. The Morgan fingerprint density at radius 3 is 2.80 bits per heavy atom. The van der Waals surface area contributed by atoms with Crippen LogP contribution in [-0.4, -0.2) is 32.6 Å². The van der Waals surface area contributed by atoms with Gasteiger partial charge >= 0.3 is 0 Å². The maximum absolute atomic E-state index is 12.1. The van der Waals surface area contributed by atoms with Crippen LogP contribution in [0.25, 0.3) is 0 Å². The summed E-state index contributed by atoms with van der Waals surface area (Å²) in [5.41, 5.74) is 7.17. The summed E-state index contributed by atoms with van der Waals surface area (Å²) in [6.45, 7) is 0. The molecule has 0 bridgehead atoms. The van der Waals surface area contributed by atoms with Crippen LogP contribution in [0.4, 0.5) is 0 Å². The Labute approximate surface area is 128 Å². The van der Waals surface area contributed by atoms with Gasteiger partial charge in [-0.25, -0.2) is 8.42 Å². The highest BCUT2D eigenvalue weighted by Crippen LogP contribution is 2.28. The third-order valence-electron chi connectivity index (χ3n) is 3.79. The lowest BCUT2D eigenvalue weighted by Crippen LogP contribution is -2.44. The molecule has 1 aromatic carbocycles. The van der Waals surface area contributed by atoms with E-state index in [1.54, 1.807) is 7.11 Å². The van der Waals surface area contributed by atoms with Gasteiger partial charge in [-0.05, 0) is 52.9 Å². The average Bonchev–Trinajstić information content (AvgIpc) is 2.38. The van der Waals surface area contributed by atoms with Gasteiger partial charge in [0.15, 0.2) is 9.84 Å². The first-order chi connectivity index (χ1) is 9.44. The monoisotopic (exact) mass is 361 g/mol. The Bertz CT molecular complexity index is 574. The first-order valence-electron chi connectivity index (χ1n) is 6.73. The molecule has 2 atom stereocenters. The number of benzene rings is 1. The van der Waals surface area contributed by atoms with E-state index >= 15 is 0 Å². The molecule has 2 N–H and O–H groups in total. The van der Waals surface area contributed by atoms with Crippen molar-refractivity contribution in [3.63, 3.8) is 0 Å². The van der Waals surface area contributed by atoms with Crippen LogP contribution in [-0.2, 0) is 16.3 Å². The van der Waals surface area contributed by atoms with Crippen molar-refractivity contribution < 1.29 is 13.2 Å². The Balaban J connectivity index is 2.11. The van der Waals surface area contributed by atoms with E-state index in [1.807, 2.05) is 18.2 Å². The van der Waals surface area contributed by atoms with E-state index in [9.17, 15) is 8.42 Å². The molecule has 0 aromatic heterocycles. The fourth-order valence-corrected chi connectivity index (χ4v) is 5.35. The molecule has 4 nitrogen and oxygen atoms in total. The number of halogens is 1. The highest BCUT2D eigenvalue weighted by Gasteiger charge is 2.33. The molecule has 112 valence electrons. The molecule has 1 fully saturated rings. The van der Waals surface area contributed by atoms with Gasteiger partial charge in [0.1, 0.15) is 5.75 Å². The molecule has 20 heavy (non-hydrogen) atoms. The summed E-state index contributed by atoms with van der Waals surface area (Å²) in [6.07, 6.45) is 2.96. The molecule has 1 aromatic rings. The summed E-state index contributed by atoms with van der Waals surface area (Å²) in [6, 6.07) is 5.38. The number of hydrogen-bond acceptors (Lipinski definition) is 4. The molecule has 2 unspecified atom stereocenters. The predicted molar refractivity (Wildman–Crippen MR) is 83.8 cm³/mol. The van der Waals surface area contributed by atoms with Gasteiger partial charge in [0.05, 0.1) is 22.6 Å². The minimum absolute atomic E-state index is 0.275. The van der Waals surface area contributed by atoms with Crippen molar-refractivity contribution in [3.8, 4) is 5.75 Å². The third-order valence-corrected chi connectivity index (χ3v) is 6.78. The maximum atomic E-state index is 12.1. The van der Waals surface area contributed by atoms with Crippen LogP contribution in [0.2, 0.25) is 0 Å². The van der Waals surface area contributed by atoms with Crippen LogP contribution in [0.15, 0.2) is 22.7 Å². The number of methoxy groups -OCH3 is 1. The van der Waals surface area contributed by atoms with E-state index in [4.69, 9.17) is 10.5 Å². The highest BCUT2D eigenvalue weighted by atomic mass is 79.9. The van der Waals surface area contributed by atoms with Crippen LogP contribution in [0.5, 0.6) is 5.75 Å². The van der Waals surface area contributed by atoms with Gasteiger partial charge in [0, 0.05) is 6.04 Å². The van der Waals surface area contributed by atoms with Crippen LogP contribution >= 0.6 is 15.9 Å². The number of nitrogens with two attached hydrogens (primary N) is 1. The van der Waals surface area contributed by atoms with Crippen LogP contribution in [0.1, 0.15) is 24.8 Å². The third kappa shape index (κ3) is 3.54. The lowest BCUT2D eigenvalue weighted by Gasteiger charge is -2.27. The largest absolute Gasteiger partial charge is 0.496 e. The summed E-state index contributed by atoms with van der Waals surface area (Å²) in [5.74, 6) is 1.03. The number of sulfone groups is 1. The fourth-order valence-electron chi connectivity index (χ4n) is 2.70. The molecule has 1 saturated heterocycles. The maximum Gasteiger partial charge on any atom is 0.154 e. The molecule has 0 saturated carbocycles. The SMILES string of the molecule is COc1ccc(CC(N)C2CCCCS2(=O)=O)cc1Br. The minimum Gasteiger partial charge on any atom is -0.496 e. The quantitative estimate of drug-likeness (QED) is 0.892. The molecular formula is C14H20BrNO3S. The Morgan fingerprint density at radius 1 is 1.45 bits per heavy atom. The summed E-state index contributed by atoms with van der Waals surface area (Å²) in [4.78, 5) is 0. The molecule has 1 aliphatic heterocycles. The van der Waals surface area contributed by atoms with E-state index in [2.05, 4.69) is 15.9 Å². The van der Waals surface area contributed by atoms with Crippen molar-refractivity contribution >= 4 is 25.8 Å². The van der Waals surface area contributed by atoms with Crippen LogP contribution in [0.3, 0.4) is 0 Å². The summed E-state index contributed by atoms with van der Waals surface area (Å²) in [5, 5.41) is -0.405. The lowest BCUT2D eigenvalue weighted by molar-refractivity contribution is 0.412. The standard InChI is InChI=1S/C14H20BrNO3S/c1-19-13-6-5-10(8-11(13)15)9-12(16)14-4-2-3-7-20(14,17)18/h5-6,8,12,14H,2-4,7,9,16H2,1H3. The molecule has 1 heterocycles. The van der Waals surface area contributed by atoms with E-state index in [0.717, 1.165) is 28.6 Å². The molecule has 0 amide bonds. The zero-order valence-corrected chi connectivity index (χ0v) is 13.9. The van der Waals surface area contributed by atoms with Crippen molar-refractivity contribution in [1.82, 2.24) is 0 Å². The predicted octanol–water partition coefficient (Wildman–Crippen LogP) is 2.29. The molecule has 0 radical (unpaired) electrons. The molecular weight excluding hydrogens is 342 g/mol. The van der Waals surface area contributed by atoms with Crippen molar-refractivity contribution in [3.05, 3.63) is 28.2 Å². The second kappa shape index (κ2) is 6.45. The number of hydrogen-bond donors (Lipinski definition) is 1. The van der Waals surface area contributed by atoms with Gasteiger partial charge in [-0.1, -0.05) is 12.5 Å². The molecule has 1 aliphatic rings. The Morgan fingerprint density at radius 2 is 2.20 bits per heavy atom. The van der Waals surface area contributed by atoms with E-state index in [1.165, 1.54) is 0 Å². The van der Waals surface area contributed by atoms with Crippen LogP contribution < -0.4 is 10.5 Å². The minimum atomic E-state index is -3.03. The zero-order chi connectivity index (χ0) is 14.8. The highest BCUT2D eigenvalue weighted by molar-refractivity contribution is 9.10. The van der Waals surface area contributed by atoms with E-state index in [-0.39, 0.29) is 11.8 Å². The first kappa shape index (κ1) is 15.8. The smallest absolute Gasteiger partial charge is 0.154 e. The number of ether oxygens (including phenoxy) is 1. The molecule has 0 spiro atoms. The van der Waals surface area contributed by atoms with Gasteiger partial charge in [-0.2, -0.15) is 0 Å². The first-order valence-corrected chi connectivity index (χ1v) is 9.24. The van der Waals surface area contributed by atoms with Gasteiger partial charge in [-0.3, -0.25) is 0 Å². The van der Waals surface area contributed by atoms with E-state index in [0.29, 0.717) is 12.8 Å². The van der Waals surface area contributed by atoms with Crippen molar-refractivity contribution in [2.75, 3.05) is 12.9 Å². The van der Waals surface area contributed by atoms with Gasteiger partial charge in [0.2, 0.25) is 0 Å². The van der Waals surface area contributed by atoms with Gasteiger partial charge in [-0.15, -0.1) is 0 Å². The second-order valence-corrected chi connectivity index (χ2v) is 8.43. The molecule has 0 aliphatic carbocycles. The van der Waals surface area contributed by atoms with Crippen molar-refractivity contribution in [2.24, 2.45) is 5.73 Å². The summed E-state index contributed by atoms with van der Waals surface area (Å²) in [7, 11) is -1.42.